The molecule has 2 aliphatic heterocycles. The highest BCUT2D eigenvalue weighted by Gasteiger charge is 2.33. The lowest BCUT2D eigenvalue weighted by Crippen LogP contribution is -2.38. The molecule has 0 bridgehead atoms. The summed E-state index contributed by atoms with van der Waals surface area (Å²) in [4.78, 5) is 0. The highest BCUT2D eigenvalue weighted by atomic mass is 32.2. The van der Waals surface area contributed by atoms with Gasteiger partial charge in [-0.15, -0.1) is 0 Å². The smallest absolute Gasteiger partial charge is 0.122 e. The Kier molecular flexibility index (Phi) is 3.05. The van der Waals surface area contributed by atoms with Crippen molar-refractivity contribution in [3.63, 3.8) is 0 Å². The highest BCUT2D eigenvalue weighted by molar-refractivity contribution is 8.00. The van der Waals surface area contributed by atoms with Gasteiger partial charge in [-0.3, -0.25) is 0 Å². The lowest BCUT2D eigenvalue weighted by atomic mass is 9.96. The average molecular weight is 249 g/mol. The SMILES string of the molecule is CC1(COc2cccc3c2CCNC3)CSC1. The Hall–Kier alpha value is -0.670. The van der Waals surface area contributed by atoms with Gasteiger partial charge in [0.2, 0.25) is 0 Å². The molecule has 17 heavy (non-hydrogen) atoms. The van der Waals surface area contributed by atoms with Crippen LogP contribution in [0.15, 0.2) is 18.2 Å². The summed E-state index contributed by atoms with van der Waals surface area (Å²) in [6.45, 7) is 5.24. The van der Waals surface area contributed by atoms with Crippen molar-refractivity contribution in [1.82, 2.24) is 5.32 Å². The van der Waals surface area contributed by atoms with Crippen molar-refractivity contribution in [2.75, 3.05) is 24.7 Å². The lowest BCUT2D eigenvalue weighted by molar-refractivity contribution is 0.194. The summed E-state index contributed by atoms with van der Waals surface area (Å²) >= 11 is 2.02. The second kappa shape index (κ2) is 4.54. The number of fused-ring (bicyclic) bond motifs is 1. The van der Waals surface area contributed by atoms with Crippen molar-refractivity contribution in [3.05, 3.63) is 29.3 Å². The van der Waals surface area contributed by atoms with Gasteiger partial charge in [0.05, 0.1) is 6.61 Å². The van der Waals surface area contributed by atoms with Crippen LogP contribution >= 0.6 is 11.8 Å². The number of benzene rings is 1. The van der Waals surface area contributed by atoms with E-state index in [1.807, 2.05) is 11.8 Å². The summed E-state index contributed by atoms with van der Waals surface area (Å²) in [5.41, 5.74) is 3.23. The first-order valence-corrected chi connectivity index (χ1v) is 7.44. The minimum atomic E-state index is 0.403. The molecule has 0 unspecified atom stereocenters. The van der Waals surface area contributed by atoms with Crippen LogP contribution in [0.2, 0.25) is 0 Å². The number of hydrogen-bond acceptors (Lipinski definition) is 3. The first-order valence-electron chi connectivity index (χ1n) is 6.29. The van der Waals surface area contributed by atoms with E-state index in [0.717, 1.165) is 31.9 Å². The first kappa shape index (κ1) is 11.4. The Morgan fingerprint density at radius 1 is 1.41 bits per heavy atom. The average Bonchev–Trinajstić information content (AvgIpc) is 2.34. The van der Waals surface area contributed by atoms with Gasteiger partial charge in [0.25, 0.3) is 0 Å². The highest BCUT2D eigenvalue weighted by Crippen LogP contribution is 2.38. The number of rotatable bonds is 3. The van der Waals surface area contributed by atoms with Crippen molar-refractivity contribution in [1.29, 1.82) is 0 Å². The second-order valence-electron chi connectivity index (χ2n) is 5.41. The Morgan fingerprint density at radius 3 is 3.06 bits per heavy atom. The van der Waals surface area contributed by atoms with Crippen LogP contribution in [0.1, 0.15) is 18.1 Å². The molecule has 0 amide bonds. The van der Waals surface area contributed by atoms with E-state index in [1.165, 1.54) is 22.6 Å². The molecule has 0 spiro atoms. The molecule has 0 radical (unpaired) electrons. The van der Waals surface area contributed by atoms with Crippen molar-refractivity contribution in [2.45, 2.75) is 19.9 Å². The molecule has 3 heteroatoms. The Labute approximate surface area is 107 Å². The molecule has 0 aromatic heterocycles. The van der Waals surface area contributed by atoms with Gasteiger partial charge in [-0.25, -0.2) is 0 Å². The number of thioether (sulfide) groups is 1. The van der Waals surface area contributed by atoms with Crippen molar-refractivity contribution in [2.24, 2.45) is 5.41 Å². The Bertz CT molecular complexity index is 415. The molecule has 0 atom stereocenters. The summed E-state index contributed by atoms with van der Waals surface area (Å²) in [6, 6.07) is 6.44. The van der Waals surface area contributed by atoms with Gasteiger partial charge in [0.1, 0.15) is 5.75 Å². The third-order valence-corrected chi connectivity index (χ3v) is 5.38. The molecular formula is C14H19NOS. The fourth-order valence-electron chi connectivity index (χ4n) is 2.42. The Morgan fingerprint density at radius 2 is 2.29 bits per heavy atom. The predicted octanol–water partition coefficient (Wildman–Crippen LogP) is 2.46. The van der Waals surface area contributed by atoms with Gasteiger partial charge in [-0.2, -0.15) is 11.8 Å². The van der Waals surface area contributed by atoms with E-state index in [9.17, 15) is 0 Å². The van der Waals surface area contributed by atoms with E-state index in [0.29, 0.717) is 5.41 Å². The zero-order valence-corrected chi connectivity index (χ0v) is 11.1. The third kappa shape index (κ3) is 2.31. The zero-order chi connectivity index (χ0) is 11.7. The van der Waals surface area contributed by atoms with Gasteiger partial charge >= 0.3 is 0 Å². The van der Waals surface area contributed by atoms with Crippen LogP contribution in [0.3, 0.4) is 0 Å². The molecule has 1 aromatic carbocycles. The van der Waals surface area contributed by atoms with E-state index < -0.39 is 0 Å². The summed E-state index contributed by atoms with van der Waals surface area (Å²) in [5.74, 6) is 3.59. The molecule has 0 saturated carbocycles. The van der Waals surface area contributed by atoms with Gasteiger partial charge in [0, 0.05) is 23.5 Å². The Balaban J connectivity index is 1.74. The minimum absolute atomic E-state index is 0.403. The summed E-state index contributed by atoms with van der Waals surface area (Å²) in [7, 11) is 0. The van der Waals surface area contributed by atoms with E-state index in [2.05, 4.69) is 30.4 Å². The third-order valence-electron chi connectivity index (χ3n) is 3.57. The van der Waals surface area contributed by atoms with Gasteiger partial charge < -0.3 is 10.1 Å². The molecule has 92 valence electrons. The number of nitrogens with one attached hydrogen (secondary N) is 1. The molecule has 1 fully saturated rings. The first-order chi connectivity index (χ1) is 8.27. The second-order valence-corrected chi connectivity index (χ2v) is 6.40. The maximum Gasteiger partial charge on any atom is 0.122 e. The topological polar surface area (TPSA) is 21.3 Å². The molecule has 2 nitrogen and oxygen atoms in total. The maximum atomic E-state index is 6.07. The van der Waals surface area contributed by atoms with Gasteiger partial charge in [0.15, 0.2) is 0 Å². The monoisotopic (exact) mass is 249 g/mol. The maximum absolute atomic E-state index is 6.07. The quantitative estimate of drug-likeness (QED) is 0.889. The summed E-state index contributed by atoms with van der Waals surface area (Å²) < 4.78 is 6.07. The van der Waals surface area contributed by atoms with Crippen molar-refractivity contribution < 1.29 is 4.74 Å². The van der Waals surface area contributed by atoms with E-state index in [4.69, 9.17) is 4.74 Å². The van der Waals surface area contributed by atoms with Crippen LogP contribution in [0.5, 0.6) is 5.75 Å². The summed E-state index contributed by atoms with van der Waals surface area (Å²) in [6.07, 6.45) is 1.09. The van der Waals surface area contributed by atoms with Crippen LogP contribution in [0.25, 0.3) is 0 Å². The molecule has 1 saturated heterocycles. The van der Waals surface area contributed by atoms with Gasteiger partial charge in [-0.1, -0.05) is 19.1 Å². The van der Waals surface area contributed by atoms with Gasteiger partial charge in [-0.05, 0) is 30.2 Å². The predicted molar refractivity (Wildman–Crippen MR) is 72.8 cm³/mol. The fourth-order valence-corrected chi connectivity index (χ4v) is 3.49. The molecule has 1 N–H and O–H groups in total. The molecule has 3 rings (SSSR count). The molecule has 0 aliphatic carbocycles. The summed E-state index contributed by atoms with van der Waals surface area (Å²) in [5, 5.41) is 3.40. The number of ether oxygens (including phenoxy) is 1. The van der Waals surface area contributed by atoms with Crippen LogP contribution in [-0.4, -0.2) is 24.7 Å². The van der Waals surface area contributed by atoms with E-state index >= 15 is 0 Å². The molecular weight excluding hydrogens is 230 g/mol. The van der Waals surface area contributed by atoms with Crippen LogP contribution in [0.4, 0.5) is 0 Å². The fraction of sp³-hybridized carbons (Fsp3) is 0.571. The van der Waals surface area contributed by atoms with Crippen LogP contribution in [0, 0.1) is 5.41 Å². The standard InChI is InChI=1S/C14H19NOS/c1-14(9-17-10-14)8-16-13-4-2-3-11-7-15-6-5-12(11)13/h2-4,15H,5-10H2,1H3. The molecule has 2 aliphatic rings. The lowest BCUT2D eigenvalue weighted by Gasteiger charge is -2.37. The van der Waals surface area contributed by atoms with Crippen LogP contribution in [-0.2, 0) is 13.0 Å². The minimum Gasteiger partial charge on any atom is -0.493 e. The number of hydrogen-bond donors (Lipinski definition) is 1. The molecule has 1 aromatic rings. The van der Waals surface area contributed by atoms with E-state index in [1.54, 1.807) is 0 Å². The zero-order valence-electron chi connectivity index (χ0n) is 10.3. The molecule has 2 heterocycles. The normalized spacial score (nSPS) is 21.5. The van der Waals surface area contributed by atoms with Crippen LogP contribution < -0.4 is 10.1 Å². The van der Waals surface area contributed by atoms with Crippen molar-refractivity contribution in [3.8, 4) is 5.75 Å². The van der Waals surface area contributed by atoms with Crippen molar-refractivity contribution >= 4 is 11.8 Å². The van der Waals surface area contributed by atoms with E-state index in [-0.39, 0.29) is 0 Å². The largest absolute Gasteiger partial charge is 0.493 e.